The summed E-state index contributed by atoms with van der Waals surface area (Å²) in [6.45, 7) is 0.972. The summed E-state index contributed by atoms with van der Waals surface area (Å²) >= 11 is 5.85. The summed E-state index contributed by atoms with van der Waals surface area (Å²) in [5.41, 5.74) is 7.89. The normalized spacial score (nSPS) is 10.3. The van der Waals surface area contributed by atoms with Crippen LogP contribution in [0.1, 0.15) is 11.1 Å². The largest absolute Gasteiger partial charge is 0.375 e. The van der Waals surface area contributed by atoms with E-state index < -0.39 is 4.92 Å². The molecule has 5 nitrogen and oxygen atoms in total. The topological polar surface area (TPSA) is 81.2 Å². The molecule has 2 rings (SSSR count). The maximum absolute atomic E-state index is 11.0. The van der Waals surface area contributed by atoms with Gasteiger partial charge in [-0.05, 0) is 23.3 Å². The third kappa shape index (κ3) is 3.26. The second-order valence-electron chi connectivity index (χ2n) is 4.27. The molecule has 0 aliphatic carbocycles. The molecule has 3 N–H and O–H groups in total. The van der Waals surface area contributed by atoms with Gasteiger partial charge in [0.05, 0.1) is 4.92 Å². The zero-order valence-electron chi connectivity index (χ0n) is 10.7. The lowest BCUT2D eigenvalue weighted by Crippen LogP contribution is -2.03. The molecule has 0 atom stereocenters. The Morgan fingerprint density at radius 3 is 2.40 bits per heavy atom. The number of rotatable bonds is 5. The summed E-state index contributed by atoms with van der Waals surface area (Å²) in [6.07, 6.45) is 0. The number of benzene rings is 2. The summed E-state index contributed by atoms with van der Waals surface area (Å²) < 4.78 is 0. The summed E-state index contributed by atoms with van der Waals surface area (Å²) in [5.74, 6) is 0. The molecule has 0 aliphatic rings. The van der Waals surface area contributed by atoms with Crippen molar-refractivity contribution in [2.75, 3.05) is 5.32 Å². The van der Waals surface area contributed by atoms with Crippen LogP contribution in [0.2, 0.25) is 5.02 Å². The van der Waals surface area contributed by atoms with Gasteiger partial charge in [0.15, 0.2) is 0 Å². The minimum absolute atomic E-state index is 0.104. The Bertz CT molecular complexity index is 614. The van der Waals surface area contributed by atoms with Crippen molar-refractivity contribution >= 4 is 23.0 Å². The predicted molar refractivity (Wildman–Crippen MR) is 79.8 cm³/mol. The van der Waals surface area contributed by atoms with Crippen molar-refractivity contribution in [1.29, 1.82) is 0 Å². The van der Waals surface area contributed by atoms with E-state index in [0.29, 0.717) is 18.8 Å². The molecule has 0 unspecified atom stereocenters. The third-order valence-corrected chi connectivity index (χ3v) is 3.22. The molecule has 0 aliphatic heterocycles. The van der Waals surface area contributed by atoms with Crippen LogP contribution in [0.4, 0.5) is 11.4 Å². The van der Waals surface area contributed by atoms with Crippen LogP contribution >= 0.6 is 11.6 Å². The number of nitrogens with zero attached hydrogens (tertiary/aromatic N) is 1. The monoisotopic (exact) mass is 291 g/mol. The van der Waals surface area contributed by atoms with Gasteiger partial charge >= 0.3 is 5.69 Å². The van der Waals surface area contributed by atoms with Crippen molar-refractivity contribution in [1.82, 2.24) is 0 Å². The van der Waals surface area contributed by atoms with Crippen LogP contribution < -0.4 is 11.1 Å². The summed E-state index contributed by atoms with van der Waals surface area (Å²) in [4.78, 5) is 10.5. The molecule has 0 saturated heterocycles. The number of hydrogen-bond acceptors (Lipinski definition) is 4. The molecule has 104 valence electrons. The fraction of sp³-hybridized carbons (Fsp3) is 0.143. The van der Waals surface area contributed by atoms with Crippen molar-refractivity contribution in [2.24, 2.45) is 5.73 Å². The number of nitrogens with one attached hydrogen (secondary N) is 1. The van der Waals surface area contributed by atoms with Crippen LogP contribution in [0.25, 0.3) is 0 Å². The van der Waals surface area contributed by atoms with Crippen molar-refractivity contribution < 1.29 is 4.92 Å². The maximum atomic E-state index is 11.0. The number of para-hydroxylation sites is 1. The van der Waals surface area contributed by atoms with E-state index in [-0.39, 0.29) is 10.7 Å². The highest BCUT2D eigenvalue weighted by atomic mass is 35.5. The molecule has 0 heterocycles. The van der Waals surface area contributed by atoms with Gasteiger partial charge in [0.1, 0.15) is 10.7 Å². The first-order valence-electron chi connectivity index (χ1n) is 6.06. The Morgan fingerprint density at radius 2 is 1.80 bits per heavy atom. The van der Waals surface area contributed by atoms with E-state index in [1.54, 1.807) is 12.1 Å². The Morgan fingerprint density at radius 1 is 1.15 bits per heavy atom. The Kier molecular flexibility index (Phi) is 4.55. The lowest BCUT2D eigenvalue weighted by Gasteiger charge is -2.08. The second-order valence-corrected chi connectivity index (χ2v) is 4.67. The standard InChI is InChI=1S/C14H14ClN3O2/c15-12-2-1-3-13(14(12)18(19)20)17-9-11-6-4-10(8-16)5-7-11/h1-7,17H,8-9,16H2. The van der Waals surface area contributed by atoms with E-state index in [0.717, 1.165) is 11.1 Å². The van der Waals surface area contributed by atoms with Gasteiger partial charge in [-0.1, -0.05) is 41.9 Å². The van der Waals surface area contributed by atoms with Gasteiger partial charge in [0, 0.05) is 13.1 Å². The van der Waals surface area contributed by atoms with E-state index in [4.69, 9.17) is 17.3 Å². The quantitative estimate of drug-likeness (QED) is 0.654. The molecule has 2 aromatic carbocycles. The van der Waals surface area contributed by atoms with Gasteiger partial charge in [0.25, 0.3) is 0 Å². The molecular formula is C14H14ClN3O2. The Labute approximate surface area is 121 Å². The van der Waals surface area contributed by atoms with Gasteiger partial charge in [-0.3, -0.25) is 10.1 Å². The SMILES string of the molecule is NCc1ccc(CNc2cccc(Cl)c2[N+](=O)[O-])cc1. The summed E-state index contributed by atoms with van der Waals surface area (Å²) in [7, 11) is 0. The molecule has 0 aromatic heterocycles. The molecule has 0 saturated carbocycles. The zero-order chi connectivity index (χ0) is 14.5. The fourth-order valence-electron chi connectivity index (χ4n) is 1.83. The van der Waals surface area contributed by atoms with Crippen LogP contribution in [0.3, 0.4) is 0 Å². The first-order chi connectivity index (χ1) is 9.61. The lowest BCUT2D eigenvalue weighted by molar-refractivity contribution is -0.383. The van der Waals surface area contributed by atoms with Crippen LogP contribution in [0.15, 0.2) is 42.5 Å². The molecule has 0 fully saturated rings. The van der Waals surface area contributed by atoms with E-state index in [1.807, 2.05) is 24.3 Å². The van der Waals surface area contributed by atoms with Crippen LogP contribution in [-0.4, -0.2) is 4.92 Å². The van der Waals surface area contributed by atoms with Gasteiger partial charge in [-0.2, -0.15) is 0 Å². The minimum atomic E-state index is -0.484. The average Bonchev–Trinajstić information content (AvgIpc) is 2.45. The molecule has 0 radical (unpaired) electrons. The molecule has 0 amide bonds. The van der Waals surface area contributed by atoms with E-state index >= 15 is 0 Å². The highest BCUT2D eigenvalue weighted by molar-refractivity contribution is 6.33. The average molecular weight is 292 g/mol. The molecule has 20 heavy (non-hydrogen) atoms. The number of halogens is 1. The molecule has 0 spiro atoms. The number of hydrogen-bond donors (Lipinski definition) is 2. The molecule has 2 aromatic rings. The molecule has 0 bridgehead atoms. The summed E-state index contributed by atoms with van der Waals surface area (Å²) in [5, 5.41) is 14.2. The van der Waals surface area contributed by atoms with Gasteiger partial charge in [-0.25, -0.2) is 0 Å². The van der Waals surface area contributed by atoms with Crippen molar-refractivity contribution in [3.63, 3.8) is 0 Å². The van der Waals surface area contributed by atoms with Crippen molar-refractivity contribution in [2.45, 2.75) is 13.1 Å². The summed E-state index contributed by atoms with van der Waals surface area (Å²) in [6, 6.07) is 12.6. The predicted octanol–water partition coefficient (Wildman–Crippen LogP) is 3.32. The van der Waals surface area contributed by atoms with Gasteiger partial charge in [-0.15, -0.1) is 0 Å². The maximum Gasteiger partial charge on any atom is 0.310 e. The smallest absolute Gasteiger partial charge is 0.310 e. The third-order valence-electron chi connectivity index (χ3n) is 2.91. The Hall–Kier alpha value is -2.11. The first kappa shape index (κ1) is 14.3. The van der Waals surface area contributed by atoms with Gasteiger partial charge < -0.3 is 11.1 Å². The second kappa shape index (κ2) is 6.36. The fourth-order valence-corrected chi connectivity index (χ4v) is 2.08. The zero-order valence-corrected chi connectivity index (χ0v) is 11.4. The first-order valence-corrected chi connectivity index (χ1v) is 6.44. The lowest BCUT2D eigenvalue weighted by atomic mass is 10.1. The van der Waals surface area contributed by atoms with Crippen molar-refractivity contribution in [3.05, 3.63) is 68.7 Å². The van der Waals surface area contributed by atoms with Crippen LogP contribution in [-0.2, 0) is 13.1 Å². The number of anilines is 1. The number of nitrogens with two attached hydrogens (primary N) is 1. The van der Waals surface area contributed by atoms with Crippen LogP contribution in [0, 0.1) is 10.1 Å². The highest BCUT2D eigenvalue weighted by Crippen LogP contribution is 2.32. The van der Waals surface area contributed by atoms with E-state index in [1.165, 1.54) is 6.07 Å². The van der Waals surface area contributed by atoms with E-state index in [2.05, 4.69) is 5.32 Å². The number of nitro benzene ring substituents is 1. The highest BCUT2D eigenvalue weighted by Gasteiger charge is 2.17. The molecular weight excluding hydrogens is 278 g/mol. The van der Waals surface area contributed by atoms with Gasteiger partial charge in [0.2, 0.25) is 0 Å². The van der Waals surface area contributed by atoms with Crippen molar-refractivity contribution in [3.8, 4) is 0 Å². The molecule has 6 heteroatoms. The van der Waals surface area contributed by atoms with Crippen LogP contribution in [0.5, 0.6) is 0 Å². The Balaban J connectivity index is 2.14. The minimum Gasteiger partial charge on any atom is -0.375 e. The van der Waals surface area contributed by atoms with E-state index in [9.17, 15) is 10.1 Å². The number of nitro groups is 1.